The van der Waals surface area contributed by atoms with Crippen molar-refractivity contribution in [1.29, 1.82) is 5.26 Å². The number of aliphatic hydroxyl groups is 1. The molecule has 0 aliphatic heterocycles. The van der Waals surface area contributed by atoms with Gasteiger partial charge in [-0.15, -0.1) is 0 Å². The van der Waals surface area contributed by atoms with Gasteiger partial charge in [-0.25, -0.2) is 13.8 Å². The third-order valence-electron chi connectivity index (χ3n) is 3.74. The molecule has 2 unspecified atom stereocenters. The molecule has 0 amide bonds. The van der Waals surface area contributed by atoms with E-state index >= 15 is 0 Å². The molecule has 1 aromatic heterocycles. The normalized spacial score (nSPS) is 19.4. The number of alkyl halides is 4. The Morgan fingerprint density at radius 2 is 2.00 bits per heavy atom. The Labute approximate surface area is 138 Å². The summed E-state index contributed by atoms with van der Waals surface area (Å²) in [5.74, 6) is -1.35. The molecule has 1 heterocycles. The van der Waals surface area contributed by atoms with Crippen molar-refractivity contribution in [3.63, 3.8) is 0 Å². The van der Waals surface area contributed by atoms with Crippen LogP contribution in [0.3, 0.4) is 0 Å². The van der Waals surface area contributed by atoms with Gasteiger partial charge in [-0.3, -0.25) is 0 Å². The lowest BCUT2D eigenvalue weighted by molar-refractivity contribution is -0.139. The lowest BCUT2D eigenvalue weighted by Crippen LogP contribution is -2.14. The molecule has 1 N–H and O–H groups in total. The number of hydrogen-bond acceptors (Lipinski definition) is 4. The molecule has 4 nitrogen and oxygen atoms in total. The highest BCUT2D eigenvalue weighted by Crippen LogP contribution is 2.45. The number of nitriles is 1. The molecule has 0 saturated carbocycles. The fourth-order valence-corrected chi connectivity index (χ4v) is 2.68. The standard InChI is InChI=1S/C16H9F5N2O2/c17-8-1-7(5-22)2-9(3-8)25-15-10-4-12(18)14(24)13(10)11(6-23-15)16(19,20)21/h1-3,6,12,14,24H,4H2. The smallest absolute Gasteiger partial charge is 0.418 e. The minimum Gasteiger partial charge on any atom is -0.439 e. The first kappa shape index (κ1) is 17.1. The third kappa shape index (κ3) is 3.13. The Bertz CT molecular complexity index is 876. The highest BCUT2D eigenvalue weighted by Gasteiger charge is 2.44. The largest absolute Gasteiger partial charge is 0.439 e. The Kier molecular flexibility index (Phi) is 4.08. The molecule has 0 fully saturated rings. The zero-order chi connectivity index (χ0) is 18.4. The van der Waals surface area contributed by atoms with Crippen LogP contribution in [0.1, 0.15) is 28.4 Å². The lowest BCUT2D eigenvalue weighted by atomic mass is 10.0. The van der Waals surface area contributed by atoms with Gasteiger partial charge in [-0.1, -0.05) is 0 Å². The van der Waals surface area contributed by atoms with E-state index in [0.717, 1.165) is 18.2 Å². The summed E-state index contributed by atoms with van der Waals surface area (Å²) in [5.41, 5.74) is -2.19. The number of benzene rings is 1. The van der Waals surface area contributed by atoms with Gasteiger partial charge in [0.05, 0.1) is 17.2 Å². The second kappa shape index (κ2) is 5.97. The molecule has 2 aromatic rings. The molecule has 25 heavy (non-hydrogen) atoms. The maximum atomic E-state index is 13.8. The van der Waals surface area contributed by atoms with Gasteiger partial charge >= 0.3 is 6.18 Å². The molecule has 1 aromatic carbocycles. The van der Waals surface area contributed by atoms with Gasteiger partial charge in [0.15, 0.2) is 0 Å². The summed E-state index contributed by atoms with van der Waals surface area (Å²) in [4.78, 5) is 3.54. The van der Waals surface area contributed by atoms with E-state index in [1.807, 2.05) is 0 Å². The third-order valence-corrected chi connectivity index (χ3v) is 3.74. The number of ether oxygens (including phenoxy) is 1. The quantitative estimate of drug-likeness (QED) is 0.831. The topological polar surface area (TPSA) is 66.1 Å². The number of nitrogens with zero attached hydrogens (tertiary/aromatic N) is 2. The van der Waals surface area contributed by atoms with Crippen molar-refractivity contribution >= 4 is 0 Å². The van der Waals surface area contributed by atoms with E-state index in [4.69, 9.17) is 10.00 Å². The van der Waals surface area contributed by atoms with Crippen molar-refractivity contribution in [2.75, 3.05) is 0 Å². The lowest BCUT2D eigenvalue weighted by Gasteiger charge is -2.16. The Balaban J connectivity index is 2.08. The number of aromatic nitrogens is 1. The van der Waals surface area contributed by atoms with Crippen molar-refractivity contribution in [2.24, 2.45) is 0 Å². The summed E-state index contributed by atoms with van der Waals surface area (Å²) >= 11 is 0. The van der Waals surface area contributed by atoms with Crippen LogP contribution in [0.15, 0.2) is 24.4 Å². The summed E-state index contributed by atoms with van der Waals surface area (Å²) < 4.78 is 71.6. The number of fused-ring (bicyclic) bond motifs is 1. The molecular weight excluding hydrogens is 347 g/mol. The molecule has 3 rings (SSSR count). The highest BCUT2D eigenvalue weighted by atomic mass is 19.4. The van der Waals surface area contributed by atoms with Gasteiger partial charge in [-0.2, -0.15) is 18.4 Å². The summed E-state index contributed by atoms with van der Waals surface area (Å²) in [6, 6.07) is 4.71. The summed E-state index contributed by atoms with van der Waals surface area (Å²) in [7, 11) is 0. The van der Waals surface area contributed by atoms with E-state index < -0.39 is 41.8 Å². The highest BCUT2D eigenvalue weighted by molar-refractivity contribution is 5.49. The zero-order valence-corrected chi connectivity index (χ0v) is 12.3. The molecule has 0 radical (unpaired) electrons. The van der Waals surface area contributed by atoms with Crippen LogP contribution in [-0.4, -0.2) is 16.3 Å². The average molecular weight is 356 g/mol. The van der Waals surface area contributed by atoms with Crippen LogP contribution in [0.2, 0.25) is 0 Å². The second-order valence-electron chi connectivity index (χ2n) is 5.42. The van der Waals surface area contributed by atoms with E-state index in [1.165, 1.54) is 0 Å². The van der Waals surface area contributed by atoms with Crippen molar-refractivity contribution in [1.82, 2.24) is 4.98 Å². The van der Waals surface area contributed by atoms with Gasteiger partial charge in [0, 0.05) is 29.8 Å². The minimum absolute atomic E-state index is 0.0676. The van der Waals surface area contributed by atoms with Gasteiger partial charge < -0.3 is 9.84 Å². The van der Waals surface area contributed by atoms with Crippen LogP contribution < -0.4 is 4.74 Å². The first-order valence-electron chi connectivity index (χ1n) is 7.00. The van der Waals surface area contributed by atoms with E-state index in [2.05, 4.69) is 4.98 Å². The van der Waals surface area contributed by atoms with Gasteiger partial charge in [0.1, 0.15) is 23.8 Å². The van der Waals surface area contributed by atoms with Crippen LogP contribution in [-0.2, 0) is 12.6 Å². The Morgan fingerprint density at radius 3 is 2.64 bits per heavy atom. The van der Waals surface area contributed by atoms with Crippen molar-refractivity contribution in [2.45, 2.75) is 24.9 Å². The van der Waals surface area contributed by atoms with Gasteiger partial charge in [-0.05, 0) is 12.1 Å². The Hall–Kier alpha value is -2.73. The minimum atomic E-state index is -4.83. The molecule has 1 aliphatic carbocycles. The van der Waals surface area contributed by atoms with E-state index in [-0.39, 0.29) is 22.8 Å². The van der Waals surface area contributed by atoms with E-state index in [0.29, 0.717) is 6.20 Å². The van der Waals surface area contributed by atoms with Crippen LogP contribution in [0.5, 0.6) is 11.6 Å². The monoisotopic (exact) mass is 356 g/mol. The molecule has 0 bridgehead atoms. The van der Waals surface area contributed by atoms with Gasteiger partial charge in [0.2, 0.25) is 5.88 Å². The van der Waals surface area contributed by atoms with Crippen LogP contribution in [0, 0.1) is 17.1 Å². The number of aliphatic hydroxyl groups excluding tert-OH is 1. The first-order chi connectivity index (χ1) is 11.7. The molecular formula is C16H9F5N2O2. The average Bonchev–Trinajstić information content (AvgIpc) is 2.82. The predicted octanol–water partition coefficient (Wildman–Crippen LogP) is 3.83. The van der Waals surface area contributed by atoms with Crippen LogP contribution >= 0.6 is 0 Å². The molecule has 0 saturated heterocycles. The van der Waals surface area contributed by atoms with E-state index in [9.17, 15) is 27.1 Å². The summed E-state index contributed by atoms with van der Waals surface area (Å²) in [6.07, 6.45) is -8.82. The van der Waals surface area contributed by atoms with E-state index in [1.54, 1.807) is 6.07 Å². The SMILES string of the molecule is N#Cc1cc(F)cc(Oc2ncc(C(F)(F)F)c3c2CC(F)C3O)c1. The van der Waals surface area contributed by atoms with Crippen molar-refractivity contribution < 1.29 is 31.8 Å². The summed E-state index contributed by atoms with van der Waals surface area (Å²) in [5, 5.41) is 18.6. The summed E-state index contributed by atoms with van der Waals surface area (Å²) in [6.45, 7) is 0. The predicted molar refractivity (Wildman–Crippen MR) is 74.0 cm³/mol. The Morgan fingerprint density at radius 1 is 1.28 bits per heavy atom. The van der Waals surface area contributed by atoms with Gasteiger partial charge in [0.25, 0.3) is 0 Å². The second-order valence-corrected chi connectivity index (χ2v) is 5.42. The number of pyridine rings is 1. The maximum Gasteiger partial charge on any atom is 0.418 e. The molecule has 0 spiro atoms. The zero-order valence-electron chi connectivity index (χ0n) is 12.3. The van der Waals surface area contributed by atoms with Crippen molar-refractivity contribution in [3.05, 3.63) is 52.5 Å². The fraction of sp³-hybridized carbons (Fsp3) is 0.250. The number of rotatable bonds is 2. The van der Waals surface area contributed by atoms with Crippen LogP contribution in [0.4, 0.5) is 22.0 Å². The number of halogens is 5. The molecule has 1 aliphatic rings. The molecule has 2 atom stereocenters. The van der Waals surface area contributed by atoms with Crippen molar-refractivity contribution in [3.8, 4) is 17.7 Å². The number of hydrogen-bond donors (Lipinski definition) is 1. The first-order valence-corrected chi connectivity index (χ1v) is 7.00. The molecule has 9 heteroatoms. The van der Waals surface area contributed by atoms with Crippen LogP contribution in [0.25, 0.3) is 0 Å². The fourth-order valence-electron chi connectivity index (χ4n) is 2.68. The maximum absolute atomic E-state index is 13.8. The molecule has 130 valence electrons.